The van der Waals surface area contributed by atoms with Gasteiger partial charge in [-0.15, -0.1) is 0 Å². The van der Waals surface area contributed by atoms with E-state index in [-0.39, 0.29) is 18.4 Å². The van der Waals surface area contributed by atoms with Crippen LogP contribution in [0.5, 0.6) is 0 Å². The monoisotopic (exact) mass is 199 g/mol. The number of hydrogen-bond donors (Lipinski definition) is 2. The molecule has 1 heterocycles. The third-order valence-electron chi connectivity index (χ3n) is 1.94. The predicted octanol–water partition coefficient (Wildman–Crippen LogP) is -0.937. The molecule has 0 aromatic carbocycles. The van der Waals surface area contributed by atoms with Crippen molar-refractivity contribution in [2.24, 2.45) is 0 Å². The second kappa shape index (κ2) is 4.08. The van der Waals surface area contributed by atoms with Gasteiger partial charge in [-0.3, -0.25) is 14.9 Å². The average Bonchev–Trinajstić information content (AvgIpc) is 2.09. The summed E-state index contributed by atoms with van der Waals surface area (Å²) in [5, 5.41) is 4.67. The molecule has 1 unspecified atom stereocenters. The summed E-state index contributed by atoms with van der Waals surface area (Å²) in [5.41, 5.74) is 0. The van der Waals surface area contributed by atoms with E-state index in [0.29, 0.717) is 6.42 Å². The third-order valence-corrected chi connectivity index (χ3v) is 1.94. The first-order chi connectivity index (χ1) is 6.50. The highest BCUT2D eigenvalue weighted by Gasteiger charge is 2.27. The van der Waals surface area contributed by atoms with E-state index in [1.54, 1.807) is 14.1 Å². The number of nitrogens with one attached hydrogen (secondary N) is 2. The first kappa shape index (κ1) is 10.5. The minimum atomic E-state index is -0.595. The fraction of sp³-hybridized carbons (Fsp3) is 0.625. The van der Waals surface area contributed by atoms with Gasteiger partial charge in [0.05, 0.1) is 0 Å². The van der Waals surface area contributed by atoms with Crippen molar-refractivity contribution < 1.29 is 14.4 Å². The van der Waals surface area contributed by atoms with Gasteiger partial charge in [-0.1, -0.05) is 0 Å². The zero-order valence-electron chi connectivity index (χ0n) is 8.16. The predicted molar refractivity (Wildman–Crippen MR) is 48.4 cm³/mol. The lowest BCUT2D eigenvalue weighted by Gasteiger charge is -2.23. The molecular weight excluding hydrogens is 186 g/mol. The number of piperidine rings is 1. The van der Waals surface area contributed by atoms with Crippen molar-refractivity contribution >= 4 is 17.8 Å². The van der Waals surface area contributed by atoms with Gasteiger partial charge in [0.25, 0.3) is 0 Å². The van der Waals surface area contributed by atoms with Crippen molar-refractivity contribution in [1.29, 1.82) is 0 Å². The van der Waals surface area contributed by atoms with Crippen LogP contribution in [0.3, 0.4) is 0 Å². The molecule has 6 heteroatoms. The van der Waals surface area contributed by atoms with Gasteiger partial charge in [0, 0.05) is 20.5 Å². The molecule has 2 N–H and O–H groups in total. The molecule has 1 aliphatic rings. The maximum atomic E-state index is 11.2. The molecule has 0 aromatic heterocycles. The van der Waals surface area contributed by atoms with Gasteiger partial charge in [-0.25, -0.2) is 4.79 Å². The Balaban J connectivity index is 2.49. The van der Waals surface area contributed by atoms with Crippen molar-refractivity contribution in [3.63, 3.8) is 0 Å². The van der Waals surface area contributed by atoms with Gasteiger partial charge >= 0.3 is 6.03 Å². The minimum absolute atomic E-state index is 0.268. The summed E-state index contributed by atoms with van der Waals surface area (Å²) in [6, 6.07) is -0.929. The molecule has 6 nitrogen and oxygen atoms in total. The van der Waals surface area contributed by atoms with Crippen LogP contribution < -0.4 is 10.6 Å². The summed E-state index contributed by atoms with van der Waals surface area (Å²) >= 11 is 0. The zero-order valence-corrected chi connectivity index (χ0v) is 8.16. The highest BCUT2D eigenvalue weighted by molar-refractivity contribution is 6.01. The Hall–Kier alpha value is -1.59. The SMILES string of the molecule is CN(C)C(=O)NC1CCC(=O)NC1=O. The second-order valence-electron chi connectivity index (χ2n) is 3.35. The standard InChI is InChI=1S/C8H13N3O3/c1-11(2)8(14)9-5-3-4-6(12)10-7(5)13/h5H,3-4H2,1-2H3,(H,9,14)(H,10,12,13). The largest absolute Gasteiger partial charge is 0.331 e. The van der Waals surface area contributed by atoms with E-state index in [2.05, 4.69) is 10.6 Å². The van der Waals surface area contributed by atoms with Crippen molar-refractivity contribution in [1.82, 2.24) is 15.5 Å². The zero-order chi connectivity index (χ0) is 10.7. The third kappa shape index (κ3) is 2.45. The van der Waals surface area contributed by atoms with Crippen LogP contribution in [0.15, 0.2) is 0 Å². The molecule has 14 heavy (non-hydrogen) atoms. The summed E-state index contributed by atoms with van der Waals surface area (Å²) in [6.07, 6.45) is 0.633. The van der Waals surface area contributed by atoms with Gasteiger partial charge < -0.3 is 10.2 Å². The number of carbonyl (C=O) groups is 3. The molecule has 0 bridgehead atoms. The Morgan fingerprint density at radius 1 is 1.50 bits per heavy atom. The van der Waals surface area contributed by atoms with Crippen LogP contribution in [-0.2, 0) is 9.59 Å². The normalized spacial score (nSPS) is 21.4. The maximum Gasteiger partial charge on any atom is 0.317 e. The summed E-state index contributed by atoms with van der Waals surface area (Å²) in [7, 11) is 3.17. The Morgan fingerprint density at radius 3 is 2.64 bits per heavy atom. The minimum Gasteiger partial charge on any atom is -0.331 e. The van der Waals surface area contributed by atoms with Gasteiger partial charge in [0.2, 0.25) is 11.8 Å². The summed E-state index contributed by atoms with van der Waals surface area (Å²) in [5.74, 6) is -0.721. The second-order valence-corrected chi connectivity index (χ2v) is 3.35. The molecule has 1 saturated heterocycles. The topological polar surface area (TPSA) is 78.5 Å². The molecule has 0 saturated carbocycles. The molecule has 0 spiro atoms. The van der Waals surface area contributed by atoms with E-state index >= 15 is 0 Å². The van der Waals surface area contributed by atoms with Crippen molar-refractivity contribution in [3.05, 3.63) is 0 Å². The molecule has 4 amide bonds. The summed E-state index contributed by atoms with van der Waals surface area (Å²) in [4.78, 5) is 34.5. The number of imide groups is 1. The van der Waals surface area contributed by atoms with Crippen LogP contribution in [0.1, 0.15) is 12.8 Å². The molecule has 1 atom stereocenters. The molecular formula is C8H13N3O3. The molecule has 0 radical (unpaired) electrons. The summed E-state index contributed by atoms with van der Waals surface area (Å²) in [6.45, 7) is 0. The number of nitrogens with zero attached hydrogens (tertiary/aromatic N) is 1. The highest BCUT2D eigenvalue weighted by Crippen LogP contribution is 2.04. The van der Waals surface area contributed by atoms with Crippen LogP contribution in [0.2, 0.25) is 0 Å². The fourth-order valence-corrected chi connectivity index (χ4v) is 1.11. The van der Waals surface area contributed by atoms with Crippen LogP contribution in [0.4, 0.5) is 4.79 Å². The van der Waals surface area contributed by atoms with Gasteiger partial charge in [-0.2, -0.15) is 0 Å². The van der Waals surface area contributed by atoms with Crippen molar-refractivity contribution in [2.75, 3.05) is 14.1 Å². The Labute approximate surface area is 81.6 Å². The molecule has 78 valence electrons. The van der Waals surface area contributed by atoms with E-state index in [4.69, 9.17) is 0 Å². The van der Waals surface area contributed by atoms with Crippen molar-refractivity contribution in [3.8, 4) is 0 Å². The number of carbonyl (C=O) groups excluding carboxylic acids is 3. The van der Waals surface area contributed by atoms with Gasteiger partial charge in [0.15, 0.2) is 0 Å². The Kier molecular flexibility index (Phi) is 3.06. The molecule has 1 fully saturated rings. The van der Waals surface area contributed by atoms with E-state index < -0.39 is 11.9 Å². The Morgan fingerprint density at radius 2 is 2.14 bits per heavy atom. The number of urea groups is 1. The van der Waals surface area contributed by atoms with E-state index in [1.165, 1.54) is 4.90 Å². The lowest BCUT2D eigenvalue weighted by atomic mass is 10.1. The molecule has 1 rings (SSSR count). The molecule has 1 aliphatic heterocycles. The van der Waals surface area contributed by atoms with Crippen LogP contribution in [0, 0.1) is 0 Å². The maximum absolute atomic E-state index is 11.2. The molecule has 0 aromatic rings. The van der Waals surface area contributed by atoms with Crippen molar-refractivity contribution in [2.45, 2.75) is 18.9 Å². The number of amides is 4. The first-order valence-electron chi connectivity index (χ1n) is 4.32. The van der Waals surface area contributed by atoms with Crippen LogP contribution in [0.25, 0.3) is 0 Å². The molecule has 0 aliphatic carbocycles. The first-order valence-corrected chi connectivity index (χ1v) is 4.32. The van der Waals surface area contributed by atoms with E-state index in [9.17, 15) is 14.4 Å². The fourth-order valence-electron chi connectivity index (χ4n) is 1.11. The smallest absolute Gasteiger partial charge is 0.317 e. The van der Waals surface area contributed by atoms with Gasteiger partial charge in [-0.05, 0) is 6.42 Å². The van der Waals surface area contributed by atoms with E-state index in [0.717, 1.165) is 0 Å². The van der Waals surface area contributed by atoms with Crippen LogP contribution in [-0.4, -0.2) is 42.9 Å². The van der Waals surface area contributed by atoms with Gasteiger partial charge in [0.1, 0.15) is 6.04 Å². The number of hydrogen-bond acceptors (Lipinski definition) is 3. The number of rotatable bonds is 1. The lowest BCUT2D eigenvalue weighted by Crippen LogP contribution is -2.54. The highest BCUT2D eigenvalue weighted by atomic mass is 16.2. The Bertz CT molecular complexity index is 275. The lowest BCUT2D eigenvalue weighted by molar-refractivity contribution is -0.134. The average molecular weight is 199 g/mol. The quantitative estimate of drug-likeness (QED) is 0.535. The van der Waals surface area contributed by atoms with Crippen LogP contribution >= 0.6 is 0 Å². The van der Waals surface area contributed by atoms with E-state index in [1.807, 2.05) is 0 Å². The summed E-state index contributed by atoms with van der Waals surface area (Å²) < 4.78 is 0.